The molecule has 176 valence electrons. The van der Waals surface area contributed by atoms with Gasteiger partial charge in [0.25, 0.3) is 0 Å². The molecule has 4 aromatic rings. The number of nitrogens with one attached hydrogen (secondary N) is 1. The maximum Gasteiger partial charge on any atom is 0.233 e. The normalized spacial score (nSPS) is 13.4. The Bertz CT molecular complexity index is 1310. The number of amides is 1. The molecule has 0 aliphatic carbocycles. The maximum absolute atomic E-state index is 12.9. The highest BCUT2D eigenvalue weighted by Gasteiger charge is 2.24. The summed E-state index contributed by atoms with van der Waals surface area (Å²) < 4.78 is 7.21. The van der Waals surface area contributed by atoms with Crippen molar-refractivity contribution in [3.63, 3.8) is 0 Å². The lowest BCUT2D eigenvalue weighted by Gasteiger charge is -2.27. The first-order valence-corrected chi connectivity index (χ1v) is 12.4. The van der Waals surface area contributed by atoms with Crippen molar-refractivity contribution < 1.29 is 9.53 Å². The highest BCUT2D eigenvalue weighted by Crippen LogP contribution is 2.28. The number of hydrogen-bond donors (Lipinski definition) is 2. The van der Waals surface area contributed by atoms with E-state index in [2.05, 4.69) is 53.3 Å². The van der Waals surface area contributed by atoms with Gasteiger partial charge in [-0.25, -0.2) is 4.68 Å². The van der Waals surface area contributed by atoms with Crippen LogP contribution in [0.15, 0.2) is 53.7 Å². The van der Waals surface area contributed by atoms with Gasteiger partial charge in [0.2, 0.25) is 11.1 Å². The predicted molar refractivity (Wildman–Crippen MR) is 133 cm³/mol. The van der Waals surface area contributed by atoms with E-state index in [0.717, 1.165) is 17.7 Å². The van der Waals surface area contributed by atoms with Crippen molar-refractivity contribution in [2.24, 2.45) is 0 Å². The second kappa shape index (κ2) is 9.42. The third-order valence-corrected chi connectivity index (χ3v) is 7.14. The highest BCUT2D eigenvalue weighted by molar-refractivity contribution is 7.99. The number of aromatic amines is 1. The number of fused-ring (bicyclic) bond motifs is 3. The third-order valence-electron chi connectivity index (χ3n) is 6.21. The van der Waals surface area contributed by atoms with Crippen LogP contribution in [-0.2, 0) is 24.4 Å². The minimum Gasteiger partial charge on any atom is -0.486 e. The molecule has 2 aromatic heterocycles. The standard InChI is InChI=1S/C25H28N6O2S/c1-16(2)17-7-9-18(10-8-17)33-14-23-28-29-25(31(23)26)34-15-24(32)30-12-11-22-20(13-30)19-5-3-4-6-21(19)27-22/h3-10,16,27H,11-15,26H2,1-2H3. The van der Waals surface area contributed by atoms with Gasteiger partial charge >= 0.3 is 0 Å². The lowest BCUT2D eigenvalue weighted by Crippen LogP contribution is -2.37. The van der Waals surface area contributed by atoms with E-state index in [0.29, 0.717) is 30.0 Å². The topological polar surface area (TPSA) is 102 Å². The lowest BCUT2D eigenvalue weighted by molar-refractivity contribution is -0.129. The molecule has 0 unspecified atom stereocenters. The summed E-state index contributed by atoms with van der Waals surface area (Å²) in [5.74, 6) is 8.21. The zero-order chi connectivity index (χ0) is 23.7. The Morgan fingerprint density at radius 3 is 2.76 bits per heavy atom. The molecule has 0 fully saturated rings. The third kappa shape index (κ3) is 4.48. The van der Waals surface area contributed by atoms with E-state index in [4.69, 9.17) is 10.6 Å². The van der Waals surface area contributed by atoms with Gasteiger partial charge in [0.15, 0.2) is 5.82 Å². The number of carbonyl (C=O) groups excluding carboxylic acids is 1. The summed E-state index contributed by atoms with van der Waals surface area (Å²) in [5.41, 5.74) is 4.82. The van der Waals surface area contributed by atoms with Crippen LogP contribution in [0.3, 0.4) is 0 Å². The van der Waals surface area contributed by atoms with Crippen LogP contribution in [0.5, 0.6) is 5.75 Å². The fourth-order valence-corrected chi connectivity index (χ4v) is 4.98. The summed E-state index contributed by atoms with van der Waals surface area (Å²) >= 11 is 1.29. The molecule has 1 amide bonds. The molecule has 8 nitrogen and oxygen atoms in total. The fourth-order valence-electron chi connectivity index (χ4n) is 4.20. The largest absolute Gasteiger partial charge is 0.486 e. The Balaban J connectivity index is 1.17. The van der Waals surface area contributed by atoms with Crippen LogP contribution in [0.2, 0.25) is 0 Å². The van der Waals surface area contributed by atoms with Crippen molar-refractivity contribution in [1.29, 1.82) is 0 Å². The summed E-state index contributed by atoms with van der Waals surface area (Å²) in [7, 11) is 0. The molecule has 0 saturated heterocycles. The van der Waals surface area contributed by atoms with E-state index >= 15 is 0 Å². The van der Waals surface area contributed by atoms with Gasteiger partial charge in [-0.15, -0.1) is 10.2 Å². The summed E-state index contributed by atoms with van der Waals surface area (Å²) in [4.78, 5) is 18.3. The van der Waals surface area contributed by atoms with Crippen LogP contribution in [0.4, 0.5) is 0 Å². The quantitative estimate of drug-likeness (QED) is 0.310. The van der Waals surface area contributed by atoms with Crippen LogP contribution < -0.4 is 10.6 Å². The van der Waals surface area contributed by atoms with Crippen LogP contribution in [0.25, 0.3) is 10.9 Å². The maximum atomic E-state index is 12.9. The number of rotatable bonds is 7. The number of nitrogens with zero attached hydrogens (tertiary/aromatic N) is 4. The van der Waals surface area contributed by atoms with Crippen LogP contribution in [0.1, 0.15) is 42.4 Å². The number of benzene rings is 2. The number of carbonyl (C=O) groups is 1. The van der Waals surface area contributed by atoms with E-state index in [1.165, 1.54) is 38.6 Å². The zero-order valence-electron chi connectivity index (χ0n) is 19.3. The number of ether oxygens (including phenoxy) is 1. The molecule has 1 aliphatic rings. The first-order chi connectivity index (χ1) is 16.5. The molecule has 0 spiro atoms. The van der Waals surface area contributed by atoms with Crippen LogP contribution in [0, 0.1) is 0 Å². The van der Waals surface area contributed by atoms with Gasteiger partial charge in [0.05, 0.1) is 5.75 Å². The van der Waals surface area contributed by atoms with Gasteiger partial charge in [-0.1, -0.05) is 55.9 Å². The number of hydrogen-bond acceptors (Lipinski definition) is 6. The monoisotopic (exact) mass is 476 g/mol. The van der Waals surface area contributed by atoms with E-state index in [1.54, 1.807) is 0 Å². The number of para-hydroxylation sites is 1. The van der Waals surface area contributed by atoms with Gasteiger partial charge in [-0.3, -0.25) is 4.79 Å². The van der Waals surface area contributed by atoms with Gasteiger partial charge in [-0.05, 0) is 29.7 Å². The molecule has 0 bridgehead atoms. The molecule has 0 radical (unpaired) electrons. The minimum atomic E-state index is 0.0620. The molecule has 5 rings (SSSR count). The zero-order valence-corrected chi connectivity index (χ0v) is 20.1. The highest BCUT2D eigenvalue weighted by atomic mass is 32.2. The van der Waals surface area contributed by atoms with Crippen molar-refractivity contribution in [3.8, 4) is 5.75 Å². The van der Waals surface area contributed by atoms with Crippen LogP contribution >= 0.6 is 11.8 Å². The van der Waals surface area contributed by atoms with Crippen molar-refractivity contribution in [2.75, 3.05) is 18.1 Å². The SMILES string of the molecule is CC(C)c1ccc(OCc2nnc(SCC(=O)N3CCc4[nH]c5ccccc5c4C3)n2N)cc1. The molecule has 34 heavy (non-hydrogen) atoms. The number of thioether (sulfide) groups is 1. The average Bonchev–Trinajstić information content (AvgIpc) is 3.40. The van der Waals surface area contributed by atoms with Gasteiger partial charge in [0, 0.05) is 41.7 Å². The Labute approximate surface area is 202 Å². The molecular formula is C25H28N6O2S. The first kappa shape index (κ1) is 22.3. The Kier molecular flexibility index (Phi) is 6.19. The summed E-state index contributed by atoms with van der Waals surface area (Å²) in [6.45, 7) is 5.82. The van der Waals surface area contributed by atoms with E-state index < -0.39 is 0 Å². The fraction of sp³-hybridized carbons (Fsp3) is 0.320. The van der Waals surface area contributed by atoms with Gasteiger partial charge in [-0.2, -0.15) is 0 Å². The van der Waals surface area contributed by atoms with E-state index in [-0.39, 0.29) is 18.3 Å². The second-order valence-electron chi connectivity index (χ2n) is 8.76. The average molecular weight is 477 g/mol. The molecule has 0 saturated carbocycles. The first-order valence-electron chi connectivity index (χ1n) is 11.4. The Hall–Kier alpha value is -3.46. The van der Waals surface area contributed by atoms with Crippen molar-refractivity contribution >= 4 is 28.6 Å². The number of nitrogen functional groups attached to an aromatic ring is 1. The van der Waals surface area contributed by atoms with Gasteiger partial charge in [0.1, 0.15) is 12.4 Å². The second-order valence-corrected chi connectivity index (χ2v) is 9.71. The molecule has 9 heteroatoms. The molecular weight excluding hydrogens is 448 g/mol. The predicted octanol–water partition coefficient (Wildman–Crippen LogP) is 3.85. The molecule has 1 aliphatic heterocycles. The van der Waals surface area contributed by atoms with Crippen molar-refractivity contribution in [1.82, 2.24) is 24.8 Å². The Morgan fingerprint density at radius 2 is 1.97 bits per heavy atom. The molecule has 3 heterocycles. The van der Waals surface area contributed by atoms with Gasteiger partial charge < -0.3 is 20.5 Å². The molecule has 3 N–H and O–H groups in total. The van der Waals surface area contributed by atoms with Crippen molar-refractivity contribution in [2.45, 2.75) is 44.5 Å². The Morgan fingerprint density at radius 1 is 1.18 bits per heavy atom. The van der Waals surface area contributed by atoms with E-state index in [1.807, 2.05) is 29.2 Å². The summed E-state index contributed by atoms with van der Waals surface area (Å²) in [5, 5.41) is 9.96. The van der Waals surface area contributed by atoms with E-state index in [9.17, 15) is 4.79 Å². The van der Waals surface area contributed by atoms with Crippen LogP contribution in [-0.4, -0.2) is 43.0 Å². The number of aromatic nitrogens is 4. The molecule has 0 atom stereocenters. The smallest absolute Gasteiger partial charge is 0.233 e. The summed E-state index contributed by atoms with van der Waals surface area (Å²) in [6.07, 6.45) is 0.827. The van der Waals surface area contributed by atoms with Crippen molar-refractivity contribution in [3.05, 3.63) is 71.2 Å². The molecule has 2 aromatic carbocycles. The lowest BCUT2D eigenvalue weighted by atomic mass is 10.0. The number of H-pyrrole nitrogens is 1. The minimum absolute atomic E-state index is 0.0620. The summed E-state index contributed by atoms with van der Waals surface area (Å²) in [6, 6.07) is 16.2. The number of nitrogens with two attached hydrogens (primary N) is 1.